The molecule has 0 saturated carbocycles. The van der Waals surface area contributed by atoms with Crippen LogP contribution in [-0.4, -0.2) is 47.4 Å². The Morgan fingerprint density at radius 1 is 1.47 bits per heavy atom. The van der Waals surface area contributed by atoms with E-state index in [0.717, 1.165) is 5.75 Å². The van der Waals surface area contributed by atoms with Gasteiger partial charge in [0, 0.05) is 24.2 Å². The van der Waals surface area contributed by atoms with Crippen LogP contribution in [0.3, 0.4) is 0 Å². The monoisotopic (exact) mass is 263 g/mol. The highest BCUT2D eigenvalue weighted by atomic mass is 32.2. The summed E-state index contributed by atoms with van der Waals surface area (Å²) in [6.45, 7) is 8.44. The summed E-state index contributed by atoms with van der Waals surface area (Å²) in [4.78, 5) is 11.3. The molecule has 2 N–H and O–H groups in total. The van der Waals surface area contributed by atoms with Crippen LogP contribution in [0.2, 0.25) is 0 Å². The molecule has 0 saturated heterocycles. The Kier molecular flexibility index (Phi) is 7.83. The van der Waals surface area contributed by atoms with Crippen molar-refractivity contribution in [1.82, 2.24) is 5.32 Å². The standard InChI is InChI=1S/C12H25NO3S/c1-9(2)13-12(4,11(14)15)8-10(3)17-7-6-16-5/h9-10,13H,6-8H2,1-5H3,(H,14,15). The number of carboxylic acid groups (broad SMARTS) is 1. The predicted octanol–water partition coefficient (Wildman–Crippen LogP) is 1.99. The molecule has 0 spiro atoms. The molecule has 0 aliphatic rings. The molecule has 0 amide bonds. The lowest BCUT2D eigenvalue weighted by Crippen LogP contribution is -2.53. The summed E-state index contributed by atoms with van der Waals surface area (Å²) in [6.07, 6.45) is 0.606. The largest absolute Gasteiger partial charge is 0.480 e. The van der Waals surface area contributed by atoms with Crippen molar-refractivity contribution < 1.29 is 14.6 Å². The van der Waals surface area contributed by atoms with Crippen molar-refractivity contribution in [1.29, 1.82) is 0 Å². The van der Waals surface area contributed by atoms with Gasteiger partial charge in [0.25, 0.3) is 0 Å². The zero-order chi connectivity index (χ0) is 13.5. The molecule has 0 rings (SSSR count). The minimum Gasteiger partial charge on any atom is -0.480 e. The molecular formula is C12H25NO3S. The number of hydrogen-bond donors (Lipinski definition) is 2. The number of nitrogens with one attached hydrogen (secondary N) is 1. The van der Waals surface area contributed by atoms with E-state index in [1.54, 1.807) is 25.8 Å². The number of carboxylic acids is 1. The van der Waals surface area contributed by atoms with Gasteiger partial charge in [-0.25, -0.2) is 0 Å². The first-order chi connectivity index (χ1) is 7.81. The third-order valence-corrected chi connectivity index (χ3v) is 3.60. The molecule has 0 aromatic rings. The van der Waals surface area contributed by atoms with Crippen molar-refractivity contribution >= 4 is 17.7 Å². The molecule has 0 bridgehead atoms. The Hall–Kier alpha value is -0.260. The Morgan fingerprint density at radius 2 is 2.06 bits per heavy atom. The highest BCUT2D eigenvalue weighted by Crippen LogP contribution is 2.22. The highest BCUT2D eigenvalue weighted by Gasteiger charge is 2.34. The number of hydrogen-bond acceptors (Lipinski definition) is 4. The molecule has 17 heavy (non-hydrogen) atoms. The molecule has 0 radical (unpaired) electrons. The Labute approximate surface area is 108 Å². The molecule has 4 nitrogen and oxygen atoms in total. The molecular weight excluding hydrogens is 238 g/mol. The Balaban J connectivity index is 4.28. The third-order valence-electron chi connectivity index (χ3n) is 2.46. The third kappa shape index (κ3) is 6.91. The SMILES string of the molecule is COCCSC(C)CC(C)(NC(C)C)C(=O)O. The van der Waals surface area contributed by atoms with Crippen molar-refractivity contribution in [3.05, 3.63) is 0 Å². The second kappa shape index (κ2) is 7.95. The van der Waals surface area contributed by atoms with Gasteiger partial charge in [0.05, 0.1) is 6.61 Å². The van der Waals surface area contributed by atoms with Gasteiger partial charge in [-0.2, -0.15) is 11.8 Å². The number of rotatable bonds is 9. The van der Waals surface area contributed by atoms with Gasteiger partial charge in [-0.1, -0.05) is 6.92 Å². The average molecular weight is 263 g/mol. The van der Waals surface area contributed by atoms with Crippen molar-refractivity contribution in [2.75, 3.05) is 19.5 Å². The summed E-state index contributed by atoms with van der Waals surface area (Å²) in [5, 5.41) is 12.7. The fraction of sp³-hybridized carbons (Fsp3) is 0.917. The predicted molar refractivity (Wildman–Crippen MR) is 72.7 cm³/mol. The van der Waals surface area contributed by atoms with Gasteiger partial charge < -0.3 is 9.84 Å². The van der Waals surface area contributed by atoms with Crippen molar-refractivity contribution in [3.63, 3.8) is 0 Å². The fourth-order valence-corrected chi connectivity index (χ4v) is 2.93. The van der Waals surface area contributed by atoms with E-state index < -0.39 is 11.5 Å². The van der Waals surface area contributed by atoms with E-state index in [1.807, 2.05) is 13.8 Å². The highest BCUT2D eigenvalue weighted by molar-refractivity contribution is 7.99. The molecule has 0 aromatic heterocycles. The minimum absolute atomic E-state index is 0.160. The fourth-order valence-electron chi connectivity index (χ4n) is 1.81. The van der Waals surface area contributed by atoms with Gasteiger partial charge in [0.1, 0.15) is 5.54 Å². The summed E-state index contributed by atoms with van der Waals surface area (Å²) in [7, 11) is 1.67. The smallest absolute Gasteiger partial charge is 0.323 e. The number of thioether (sulfide) groups is 1. The van der Waals surface area contributed by atoms with Gasteiger partial charge in [0.2, 0.25) is 0 Å². The topological polar surface area (TPSA) is 58.6 Å². The summed E-state index contributed by atoms with van der Waals surface area (Å²) >= 11 is 1.74. The number of ether oxygens (including phenoxy) is 1. The molecule has 0 aliphatic carbocycles. The summed E-state index contributed by atoms with van der Waals surface area (Å²) in [6, 6.07) is 0.160. The number of methoxy groups -OCH3 is 1. The number of carbonyl (C=O) groups is 1. The van der Waals surface area contributed by atoms with Gasteiger partial charge >= 0.3 is 5.97 Å². The van der Waals surface area contributed by atoms with Crippen LogP contribution in [0, 0.1) is 0 Å². The van der Waals surface area contributed by atoms with Crippen LogP contribution in [0.1, 0.15) is 34.1 Å². The first-order valence-corrected chi connectivity index (χ1v) is 6.98. The van der Waals surface area contributed by atoms with Crippen LogP contribution >= 0.6 is 11.8 Å². The Bertz CT molecular complexity index is 236. The van der Waals surface area contributed by atoms with E-state index in [-0.39, 0.29) is 11.3 Å². The van der Waals surface area contributed by atoms with E-state index in [0.29, 0.717) is 13.0 Å². The van der Waals surface area contributed by atoms with Crippen LogP contribution in [-0.2, 0) is 9.53 Å². The lowest BCUT2D eigenvalue weighted by Gasteiger charge is -2.31. The summed E-state index contributed by atoms with van der Waals surface area (Å²) < 4.78 is 4.98. The van der Waals surface area contributed by atoms with Gasteiger partial charge in [0.15, 0.2) is 0 Å². The average Bonchev–Trinajstić information content (AvgIpc) is 2.16. The van der Waals surface area contributed by atoms with E-state index in [9.17, 15) is 9.90 Å². The van der Waals surface area contributed by atoms with E-state index in [2.05, 4.69) is 12.2 Å². The molecule has 5 heteroatoms. The van der Waals surface area contributed by atoms with E-state index in [1.165, 1.54) is 0 Å². The van der Waals surface area contributed by atoms with Crippen molar-refractivity contribution in [2.45, 2.75) is 50.9 Å². The van der Waals surface area contributed by atoms with E-state index >= 15 is 0 Å². The lowest BCUT2D eigenvalue weighted by molar-refractivity contribution is -0.144. The molecule has 0 fully saturated rings. The molecule has 102 valence electrons. The first kappa shape index (κ1) is 16.7. The maximum atomic E-state index is 11.3. The van der Waals surface area contributed by atoms with Crippen LogP contribution in [0.25, 0.3) is 0 Å². The van der Waals surface area contributed by atoms with Crippen LogP contribution < -0.4 is 5.32 Å². The Morgan fingerprint density at radius 3 is 2.47 bits per heavy atom. The van der Waals surface area contributed by atoms with Crippen LogP contribution in [0.15, 0.2) is 0 Å². The molecule has 0 aromatic carbocycles. The van der Waals surface area contributed by atoms with Crippen molar-refractivity contribution in [3.8, 4) is 0 Å². The van der Waals surface area contributed by atoms with E-state index in [4.69, 9.17) is 4.74 Å². The van der Waals surface area contributed by atoms with Gasteiger partial charge in [-0.3, -0.25) is 10.1 Å². The minimum atomic E-state index is -0.854. The molecule has 2 atom stereocenters. The maximum Gasteiger partial charge on any atom is 0.323 e. The molecule has 2 unspecified atom stereocenters. The zero-order valence-corrected chi connectivity index (χ0v) is 12.3. The normalized spacial score (nSPS) is 16.8. The van der Waals surface area contributed by atoms with Crippen molar-refractivity contribution in [2.24, 2.45) is 0 Å². The van der Waals surface area contributed by atoms with Gasteiger partial charge in [-0.05, 0) is 27.2 Å². The first-order valence-electron chi connectivity index (χ1n) is 5.93. The quantitative estimate of drug-likeness (QED) is 0.623. The van der Waals surface area contributed by atoms with Gasteiger partial charge in [-0.15, -0.1) is 0 Å². The zero-order valence-electron chi connectivity index (χ0n) is 11.4. The molecule has 0 heterocycles. The maximum absolute atomic E-state index is 11.3. The van der Waals surface area contributed by atoms with Crippen LogP contribution in [0.5, 0.6) is 0 Å². The number of aliphatic carboxylic acids is 1. The molecule has 0 aliphatic heterocycles. The second-order valence-corrected chi connectivity index (χ2v) is 6.36. The summed E-state index contributed by atoms with van der Waals surface area (Å²) in [5.41, 5.74) is -0.854. The summed E-state index contributed by atoms with van der Waals surface area (Å²) in [5.74, 6) is 0.111. The van der Waals surface area contributed by atoms with Crippen LogP contribution in [0.4, 0.5) is 0 Å². The second-order valence-electron chi connectivity index (χ2n) is 4.81. The lowest BCUT2D eigenvalue weighted by atomic mass is 9.95.